The highest BCUT2D eigenvalue weighted by Gasteiger charge is 2.66. The molecule has 0 spiro atoms. The second kappa shape index (κ2) is 4.00. The van der Waals surface area contributed by atoms with Crippen LogP contribution in [0.4, 0.5) is 17.6 Å². The van der Waals surface area contributed by atoms with Crippen molar-refractivity contribution in [1.29, 1.82) is 0 Å². The fourth-order valence-corrected chi connectivity index (χ4v) is 2.67. The van der Waals surface area contributed by atoms with Crippen molar-refractivity contribution in [3.05, 3.63) is 23.8 Å². The Labute approximate surface area is 112 Å². The average Bonchev–Trinajstić information content (AvgIpc) is 2.77. The average molecular weight is 291 g/mol. The van der Waals surface area contributed by atoms with E-state index in [2.05, 4.69) is 9.47 Å². The van der Waals surface area contributed by atoms with Crippen molar-refractivity contribution in [2.75, 3.05) is 0 Å². The molecule has 3 rings (SSSR count). The zero-order valence-corrected chi connectivity index (χ0v) is 10.5. The number of hydrogen-bond donors (Lipinski definition) is 1. The van der Waals surface area contributed by atoms with Crippen molar-refractivity contribution in [3.8, 4) is 11.5 Å². The highest BCUT2D eigenvalue weighted by Crippen LogP contribution is 2.48. The van der Waals surface area contributed by atoms with Gasteiger partial charge in [0, 0.05) is 5.54 Å². The van der Waals surface area contributed by atoms with Crippen LogP contribution in [-0.4, -0.2) is 12.2 Å². The van der Waals surface area contributed by atoms with Crippen molar-refractivity contribution in [3.63, 3.8) is 0 Å². The van der Waals surface area contributed by atoms with Crippen LogP contribution in [-0.2, 0) is 5.54 Å². The van der Waals surface area contributed by atoms with E-state index in [1.165, 1.54) is 18.2 Å². The molecule has 1 heterocycles. The van der Waals surface area contributed by atoms with Crippen LogP contribution in [0, 0.1) is 0 Å². The first-order valence-corrected chi connectivity index (χ1v) is 6.31. The standard InChI is InChI=1S/C13H13F4NO2/c14-12(15)13(16,17)20-10-7-8(3-4-9(10)19-12)11(18)5-1-2-6-11/h3-4,7H,1-2,5-6,18H2. The first-order chi connectivity index (χ1) is 9.24. The van der Waals surface area contributed by atoms with Gasteiger partial charge in [-0.15, -0.1) is 0 Å². The third kappa shape index (κ3) is 1.91. The van der Waals surface area contributed by atoms with Crippen LogP contribution in [0.5, 0.6) is 11.5 Å². The molecular formula is C13H13F4NO2. The van der Waals surface area contributed by atoms with E-state index in [-0.39, 0.29) is 0 Å². The second-order valence-electron chi connectivity index (χ2n) is 5.26. The minimum atomic E-state index is -4.70. The molecule has 0 amide bonds. The monoisotopic (exact) mass is 291 g/mol. The van der Waals surface area contributed by atoms with Gasteiger partial charge in [-0.3, -0.25) is 0 Å². The molecule has 3 nitrogen and oxygen atoms in total. The minimum absolute atomic E-state index is 0.407. The maximum absolute atomic E-state index is 13.1. The fraction of sp³-hybridized carbons (Fsp3) is 0.538. The van der Waals surface area contributed by atoms with E-state index < -0.39 is 29.3 Å². The molecular weight excluding hydrogens is 278 g/mol. The minimum Gasteiger partial charge on any atom is -0.421 e. The third-order valence-electron chi connectivity index (χ3n) is 3.83. The van der Waals surface area contributed by atoms with Crippen molar-refractivity contribution < 1.29 is 27.0 Å². The molecule has 1 aliphatic heterocycles. The van der Waals surface area contributed by atoms with Gasteiger partial charge in [0.15, 0.2) is 11.5 Å². The zero-order valence-electron chi connectivity index (χ0n) is 10.5. The highest BCUT2D eigenvalue weighted by molar-refractivity contribution is 5.46. The van der Waals surface area contributed by atoms with Crippen molar-refractivity contribution in [1.82, 2.24) is 0 Å². The Balaban J connectivity index is 1.99. The lowest BCUT2D eigenvalue weighted by Gasteiger charge is -2.33. The predicted octanol–water partition coefficient (Wildman–Crippen LogP) is 3.37. The summed E-state index contributed by atoms with van der Waals surface area (Å²) in [6.07, 6.45) is -6.05. The molecule has 0 unspecified atom stereocenters. The number of hydrogen-bond acceptors (Lipinski definition) is 3. The van der Waals surface area contributed by atoms with Crippen LogP contribution >= 0.6 is 0 Å². The molecule has 2 N–H and O–H groups in total. The van der Waals surface area contributed by atoms with Gasteiger partial charge in [0.2, 0.25) is 0 Å². The first kappa shape index (κ1) is 13.5. The summed E-state index contributed by atoms with van der Waals surface area (Å²) < 4.78 is 60.5. The van der Waals surface area contributed by atoms with Gasteiger partial charge in [0.1, 0.15) is 0 Å². The zero-order chi connectivity index (χ0) is 14.6. The number of benzene rings is 1. The summed E-state index contributed by atoms with van der Waals surface area (Å²) in [4.78, 5) is 0. The molecule has 0 atom stereocenters. The van der Waals surface area contributed by atoms with Gasteiger partial charge in [-0.2, -0.15) is 17.6 Å². The molecule has 20 heavy (non-hydrogen) atoms. The van der Waals surface area contributed by atoms with Crippen molar-refractivity contribution >= 4 is 0 Å². The number of rotatable bonds is 1. The van der Waals surface area contributed by atoms with Crippen LogP contribution in [0.1, 0.15) is 31.2 Å². The Morgan fingerprint density at radius 2 is 1.45 bits per heavy atom. The van der Waals surface area contributed by atoms with E-state index in [0.717, 1.165) is 25.7 Å². The van der Waals surface area contributed by atoms with Gasteiger partial charge in [-0.25, -0.2) is 0 Å². The second-order valence-corrected chi connectivity index (χ2v) is 5.26. The Hall–Kier alpha value is -1.50. The maximum atomic E-state index is 13.1. The Morgan fingerprint density at radius 3 is 2.05 bits per heavy atom. The van der Waals surface area contributed by atoms with E-state index in [9.17, 15) is 17.6 Å². The summed E-state index contributed by atoms with van der Waals surface area (Å²) in [7, 11) is 0. The largest absolute Gasteiger partial charge is 0.507 e. The van der Waals surface area contributed by atoms with E-state index in [4.69, 9.17) is 5.73 Å². The number of alkyl halides is 4. The van der Waals surface area contributed by atoms with Gasteiger partial charge in [-0.05, 0) is 30.5 Å². The summed E-state index contributed by atoms with van der Waals surface area (Å²) in [5, 5.41) is 0. The number of fused-ring (bicyclic) bond motifs is 1. The molecule has 0 saturated heterocycles. The molecule has 0 bridgehead atoms. The summed E-state index contributed by atoms with van der Waals surface area (Å²) in [6, 6.07) is 3.98. The number of ether oxygens (including phenoxy) is 2. The summed E-state index contributed by atoms with van der Waals surface area (Å²) in [5.74, 6) is -0.818. The molecule has 7 heteroatoms. The first-order valence-electron chi connectivity index (χ1n) is 6.31. The van der Waals surface area contributed by atoms with Crippen LogP contribution in [0.3, 0.4) is 0 Å². The Kier molecular flexibility index (Phi) is 2.70. The summed E-state index contributed by atoms with van der Waals surface area (Å²) >= 11 is 0. The number of nitrogens with two attached hydrogens (primary N) is 1. The van der Waals surface area contributed by atoms with E-state index in [1.54, 1.807) is 0 Å². The van der Waals surface area contributed by atoms with Crippen LogP contribution in [0.2, 0.25) is 0 Å². The van der Waals surface area contributed by atoms with Crippen molar-refractivity contribution in [2.45, 2.75) is 43.4 Å². The smallest absolute Gasteiger partial charge is 0.421 e. The summed E-state index contributed by atoms with van der Waals surface area (Å²) in [6.45, 7) is 0. The Bertz CT molecular complexity index is 541. The highest BCUT2D eigenvalue weighted by atomic mass is 19.3. The van der Waals surface area contributed by atoms with Gasteiger partial charge < -0.3 is 15.2 Å². The normalized spacial score (nSPS) is 25.4. The quantitative estimate of drug-likeness (QED) is 0.807. The lowest BCUT2D eigenvalue weighted by molar-refractivity contribution is -0.391. The predicted molar refractivity (Wildman–Crippen MR) is 61.9 cm³/mol. The van der Waals surface area contributed by atoms with Gasteiger partial charge in [0.05, 0.1) is 0 Å². The van der Waals surface area contributed by atoms with E-state index in [0.29, 0.717) is 5.56 Å². The molecule has 110 valence electrons. The lowest BCUT2D eigenvalue weighted by Crippen LogP contribution is -2.52. The molecule has 1 aromatic rings. The van der Waals surface area contributed by atoms with E-state index >= 15 is 0 Å². The van der Waals surface area contributed by atoms with E-state index in [1.807, 2.05) is 0 Å². The molecule has 1 saturated carbocycles. The molecule has 0 aromatic heterocycles. The molecule has 2 aliphatic rings. The lowest BCUT2D eigenvalue weighted by atomic mass is 9.89. The Morgan fingerprint density at radius 1 is 0.900 bits per heavy atom. The van der Waals surface area contributed by atoms with Gasteiger partial charge in [0.25, 0.3) is 0 Å². The van der Waals surface area contributed by atoms with Crippen LogP contribution in [0.15, 0.2) is 18.2 Å². The topological polar surface area (TPSA) is 44.5 Å². The number of halogens is 4. The fourth-order valence-electron chi connectivity index (χ4n) is 2.67. The molecule has 0 radical (unpaired) electrons. The van der Waals surface area contributed by atoms with Gasteiger partial charge in [-0.1, -0.05) is 18.9 Å². The molecule has 1 aromatic carbocycles. The SMILES string of the molecule is NC1(c2ccc3c(c2)OC(F)(F)C(F)(F)O3)CCCC1. The molecule has 1 fully saturated rings. The third-order valence-corrected chi connectivity index (χ3v) is 3.83. The van der Waals surface area contributed by atoms with Crippen LogP contribution < -0.4 is 15.2 Å². The maximum Gasteiger partial charge on any atom is 0.507 e. The van der Waals surface area contributed by atoms with Crippen LogP contribution in [0.25, 0.3) is 0 Å². The van der Waals surface area contributed by atoms with Gasteiger partial charge >= 0.3 is 12.2 Å². The van der Waals surface area contributed by atoms with Crippen molar-refractivity contribution in [2.24, 2.45) is 5.73 Å². The summed E-state index contributed by atoms with van der Waals surface area (Å²) in [5.41, 5.74) is 6.18. The molecule has 1 aliphatic carbocycles.